The molecule has 0 aliphatic heterocycles. The average molecular weight is 278 g/mol. The average Bonchev–Trinajstić information content (AvgIpc) is 2.74. The summed E-state index contributed by atoms with van der Waals surface area (Å²) >= 11 is 5.87. The molecule has 3 nitrogen and oxygen atoms in total. The lowest BCUT2D eigenvalue weighted by Crippen LogP contribution is -2.13. The molecule has 19 heavy (non-hydrogen) atoms. The molecule has 0 N–H and O–H groups in total. The lowest BCUT2D eigenvalue weighted by Gasteiger charge is -2.11. The van der Waals surface area contributed by atoms with E-state index in [2.05, 4.69) is 0 Å². The summed E-state index contributed by atoms with van der Waals surface area (Å²) in [6.07, 6.45) is 0. The number of aromatic nitrogens is 1. The van der Waals surface area contributed by atoms with Gasteiger partial charge in [-0.05, 0) is 43.7 Å². The van der Waals surface area contributed by atoms with Gasteiger partial charge in [0, 0.05) is 17.3 Å². The first-order valence-electron chi connectivity index (χ1n) is 6.19. The number of hydrogen-bond donors (Lipinski definition) is 0. The van der Waals surface area contributed by atoms with Gasteiger partial charge in [0.2, 0.25) is 0 Å². The molecule has 0 bridgehead atoms. The first-order chi connectivity index (χ1) is 9.11. The van der Waals surface area contributed by atoms with Crippen molar-refractivity contribution in [1.82, 2.24) is 4.57 Å². The van der Waals surface area contributed by atoms with Gasteiger partial charge in [-0.2, -0.15) is 0 Å². The third kappa shape index (κ3) is 3.18. The molecule has 0 fully saturated rings. The second-order valence-electron chi connectivity index (χ2n) is 4.29. The van der Waals surface area contributed by atoms with Crippen molar-refractivity contribution in [2.24, 2.45) is 0 Å². The van der Waals surface area contributed by atoms with Crippen LogP contribution in [-0.2, 0) is 11.3 Å². The van der Waals surface area contributed by atoms with Crippen molar-refractivity contribution in [2.45, 2.75) is 20.4 Å². The minimum Gasteiger partial charge on any atom is -0.461 e. The van der Waals surface area contributed by atoms with Crippen molar-refractivity contribution in [2.75, 3.05) is 6.61 Å². The SMILES string of the molecule is CCOC(=O)c1ccc(C)n1Cc1ccc(Cl)cc1. The van der Waals surface area contributed by atoms with Crippen LogP contribution in [0.1, 0.15) is 28.7 Å². The number of benzene rings is 1. The topological polar surface area (TPSA) is 31.2 Å². The van der Waals surface area contributed by atoms with Gasteiger partial charge in [0.15, 0.2) is 0 Å². The Kier molecular flexibility index (Phi) is 4.27. The predicted molar refractivity (Wildman–Crippen MR) is 75.7 cm³/mol. The molecular weight excluding hydrogens is 262 g/mol. The molecule has 0 saturated heterocycles. The summed E-state index contributed by atoms with van der Waals surface area (Å²) in [5.74, 6) is -0.287. The van der Waals surface area contributed by atoms with Crippen LogP contribution in [-0.4, -0.2) is 17.1 Å². The molecule has 2 aromatic rings. The van der Waals surface area contributed by atoms with Gasteiger partial charge in [0.1, 0.15) is 5.69 Å². The molecule has 1 heterocycles. The highest BCUT2D eigenvalue weighted by Gasteiger charge is 2.14. The normalized spacial score (nSPS) is 10.5. The summed E-state index contributed by atoms with van der Waals surface area (Å²) in [7, 11) is 0. The van der Waals surface area contributed by atoms with Crippen LogP contribution in [0.5, 0.6) is 0 Å². The van der Waals surface area contributed by atoms with Crippen LogP contribution in [0.25, 0.3) is 0 Å². The zero-order valence-electron chi connectivity index (χ0n) is 11.0. The second kappa shape index (κ2) is 5.93. The lowest BCUT2D eigenvalue weighted by molar-refractivity contribution is 0.0514. The summed E-state index contributed by atoms with van der Waals surface area (Å²) in [6, 6.07) is 11.3. The van der Waals surface area contributed by atoms with Crippen molar-refractivity contribution in [3.05, 3.63) is 58.4 Å². The standard InChI is InChI=1S/C15H16ClNO2/c1-3-19-15(18)14-9-4-11(2)17(14)10-12-5-7-13(16)8-6-12/h4-9H,3,10H2,1-2H3. The Labute approximate surface area is 117 Å². The summed E-state index contributed by atoms with van der Waals surface area (Å²) in [4.78, 5) is 11.9. The zero-order chi connectivity index (χ0) is 13.8. The van der Waals surface area contributed by atoms with E-state index in [1.807, 2.05) is 41.8 Å². The van der Waals surface area contributed by atoms with Crippen LogP contribution in [0.15, 0.2) is 36.4 Å². The number of aryl methyl sites for hydroxylation is 1. The number of carbonyl (C=O) groups excluding carboxylic acids is 1. The van der Waals surface area contributed by atoms with E-state index in [1.165, 1.54) is 0 Å². The van der Waals surface area contributed by atoms with E-state index in [1.54, 1.807) is 13.0 Å². The van der Waals surface area contributed by atoms with Gasteiger partial charge in [0.05, 0.1) is 6.61 Å². The summed E-state index contributed by atoms with van der Waals surface area (Å²) < 4.78 is 7.00. The molecule has 0 aliphatic rings. The fourth-order valence-electron chi connectivity index (χ4n) is 1.94. The van der Waals surface area contributed by atoms with Gasteiger partial charge < -0.3 is 9.30 Å². The first-order valence-corrected chi connectivity index (χ1v) is 6.57. The molecule has 100 valence electrons. The Balaban J connectivity index is 2.26. The largest absolute Gasteiger partial charge is 0.461 e. The van der Waals surface area contributed by atoms with E-state index in [0.717, 1.165) is 11.3 Å². The number of ether oxygens (including phenoxy) is 1. The Hall–Kier alpha value is -1.74. The van der Waals surface area contributed by atoms with Crippen LogP contribution in [0.2, 0.25) is 5.02 Å². The van der Waals surface area contributed by atoms with Crippen molar-refractivity contribution in [1.29, 1.82) is 0 Å². The molecule has 0 radical (unpaired) electrons. The Morgan fingerprint density at radius 3 is 2.53 bits per heavy atom. The number of esters is 1. The number of halogens is 1. The van der Waals surface area contributed by atoms with Crippen LogP contribution < -0.4 is 0 Å². The van der Waals surface area contributed by atoms with Crippen molar-refractivity contribution in [3.63, 3.8) is 0 Å². The third-order valence-corrected chi connectivity index (χ3v) is 3.19. The molecule has 0 saturated carbocycles. The van der Waals surface area contributed by atoms with E-state index in [0.29, 0.717) is 23.9 Å². The maximum atomic E-state index is 11.9. The highest BCUT2D eigenvalue weighted by Crippen LogP contribution is 2.15. The number of nitrogens with zero attached hydrogens (tertiary/aromatic N) is 1. The van der Waals surface area contributed by atoms with Crippen LogP contribution in [0, 0.1) is 6.92 Å². The van der Waals surface area contributed by atoms with Gasteiger partial charge in [-0.15, -0.1) is 0 Å². The van der Waals surface area contributed by atoms with Gasteiger partial charge >= 0.3 is 5.97 Å². The number of carbonyl (C=O) groups is 1. The lowest BCUT2D eigenvalue weighted by atomic mass is 10.2. The quantitative estimate of drug-likeness (QED) is 0.799. The van der Waals surface area contributed by atoms with Gasteiger partial charge in [-0.3, -0.25) is 0 Å². The van der Waals surface area contributed by atoms with E-state index in [4.69, 9.17) is 16.3 Å². The Morgan fingerprint density at radius 1 is 1.21 bits per heavy atom. The highest BCUT2D eigenvalue weighted by atomic mass is 35.5. The van der Waals surface area contributed by atoms with E-state index < -0.39 is 0 Å². The first kappa shape index (κ1) is 13.7. The maximum Gasteiger partial charge on any atom is 0.354 e. The smallest absolute Gasteiger partial charge is 0.354 e. The minimum atomic E-state index is -0.287. The molecule has 1 aromatic carbocycles. The molecule has 0 atom stereocenters. The molecule has 0 spiro atoms. The molecule has 0 aliphatic carbocycles. The minimum absolute atomic E-state index is 0.287. The fourth-order valence-corrected chi connectivity index (χ4v) is 2.06. The third-order valence-electron chi connectivity index (χ3n) is 2.94. The highest BCUT2D eigenvalue weighted by molar-refractivity contribution is 6.30. The van der Waals surface area contributed by atoms with Crippen molar-refractivity contribution >= 4 is 17.6 Å². The predicted octanol–water partition coefficient (Wildman–Crippen LogP) is 3.67. The molecule has 0 unspecified atom stereocenters. The summed E-state index contributed by atoms with van der Waals surface area (Å²) in [6.45, 7) is 4.78. The van der Waals surface area contributed by atoms with E-state index in [9.17, 15) is 4.79 Å². The summed E-state index contributed by atoms with van der Waals surface area (Å²) in [5, 5.41) is 0.707. The van der Waals surface area contributed by atoms with Gasteiger partial charge in [-0.1, -0.05) is 23.7 Å². The maximum absolute atomic E-state index is 11.9. The second-order valence-corrected chi connectivity index (χ2v) is 4.73. The van der Waals surface area contributed by atoms with Crippen LogP contribution in [0.3, 0.4) is 0 Å². The fraction of sp³-hybridized carbons (Fsp3) is 0.267. The molecule has 4 heteroatoms. The van der Waals surface area contributed by atoms with E-state index in [-0.39, 0.29) is 5.97 Å². The van der Waals surface area contributed by atoms with E-state index >= 15 is 0 Å². The monoisotopic (exact) mass is 277 g/mol. The summed E-state index contributed by atoms with van der Waals surface area (Å²) in [5.41, 5.74) is 2.70. The van der Waals surface area contributed by atoms with Crippen molar-refractivity contribution in [3.8, 4) is 0 Å². The van der Waals surface area contributed by atoms with Crippen molar-refractivity contribution < 1.29 is 9.53 Å². The number of rotatable bonds is 4. The zero-order valence-corrected chi connectivity index (χ0v) is 11.8. The number of hydrogen-bond acceptors (Lipinski definition) is 2. The van der Waals surface area contributed by atoms with Crippen LogP contribution >= 0.6 is 11.6 Å². The Bertz CT molecular complexity index is 572. The van der Waals surface area contributed by atoms with Gasteiger partial charge in [0.25, 0.3) is 0 Å². The molecular formula is C15H16ClNO2. The van der Waals surface area contributed by atoms with Crippen LogP contribution in [0.4, 0.5) is 0 Å². The molecule has 2 rings (SSSR count). The Morgan fingerprint density at radius 2 is 1.89 bits per heavy atom. The molecule has 0 amide bonds. The van der Waals surface area contributed by atoms with Gasteiger partial charge in [-0.25, -0.2) is 4.79 Å². The molecule has 1 aromatic heterocycles.